The maximum Gasteiger partial charge on any atom is 0.269 e. The van der Waals surface area contributed by atoms with E-state index in [1.165, 1.54) is 0 Å². The molecule has 0 fully saturated rings. The molecular weight excluding hydrogens is 336 g/mol. The van der Waals surface area contributed by atoms with Gasteiger partial charge in [-0.2, -0.15) is 0 Å². The fourth-order valence-electron chi connectivity index (χ4n) is 3.12. The van der Waals surface area contributed by atoms with Crippen LogP contribution in [0.25, 0.3) is 0 Å². The van der Waals surface area contributed by atoms with Crippen molar-refractivity contribution in [2.24, 2.45) is 0 Å². The average Bonchev–Trinajstić information content (AvgIpc) is 3.00. The number of nitrogens with zero attached hydrogens (tertiary/aromatic N) is 3. The maximum atomic E-state index is 10.9. The van der Waals surface area contributed by atoms with E-state index in [0.717, 1.165) is 24.3 Å². The van der Waals surface area contributed by atoms with Gasteiger partial charge in [0.25, 0.3) is 5.69 Å². The lowest BCUT2D eigenvalue weighted by Gasteiger charge is -2.40. The molecule has 1 N–H and O–H groups in total. The lowest BCUT2D eigenvalue weighted by molar-refractivity contribution is -0.384. The van der Waals surface area contributed by atoms with Crippen LogP contribution < -0.4 is 5.32 Å². The highest BCUT2D eigenvalue weighted by atomic mass is 32.1. The molecule has 1 aromatic heterocycles. The minimum absolute atomic E-state index is 0.0631. The number of nitro benzene ring substituents is 1. The number of aromatic nitrogens is 1. The predicted molar refractivity (Wildman–Crippen MR) is 102 cm³/mol. The van der Waals surface area contributed by atoms with Crippen LogP contribution in [0.3, 0.4) is 0 Å². The molecule has 2 heterocycles. The first-order valence-corrected chi connectivity index (χ1v) is 8.65. The summed E-state index contributed by atoms with van der Waals surface area (Å²) in [4.78, 5) is 12.7. The molecular formula is C18H22N4O2S. The summed E-state index contributed by atoms with van der Waals surface area (Å²) < 4.78 is 2.21. The lowest BCUT2D eigenvalue weighted by Crippen LogP contribution is -2.52. The van der Waals surface area contributed by atoms with Crippen molar-refractivity contribution in [3.63, 3.8) is 0 Å². The lowest BCUT2D eigenvalue weighted by atomic mass is 10.00. The van der Waals surface area contributed by atoms with Crippen LogP contribution in [0.2, 0.25) is 0 Å². The van der Waals surface area contributed by atoms with Gasteiger partial charge in [-0.3, -0.25) is 10.1 Å². The standard InChI is InChI=1S/C18H22N4O2S/c1-18(2,3)19-17(25)21-12-11-20-10-4-5-15(20)16(21)13-6-8-14(9-7-13)22(23)24/h4-10,16H,11-12H2,1-3H3,(H,19,25)/t16-/m1/s1. The van der Waals surface area contributed by atoms with Crippen LogP contribution in [-0.2, 0) is 6.54 Å². The van der Waals surface area contributed by atoms with E-state index in [-0.39, 0.29) is 22.2 Å². The molecule has 7 heteroatoms. The van der Waals surface area contributed by atoms with Crippen LogP contribution >= 0.6 is 12.2 Å². The highest BCUT2D eigenvalue weighted by molar-refractivity contribution is 7.80. The molecule has 6 nitrogen and oxygen atoms in total. The van der Waals surface area contributed by atoms with Crippen molar-refractivity contribution < 1.29 is 4.92 Å². The molecule has 2 aromatic rings. The summed E-state index contributed by atoms with van der Waals surface area (Å²) in [5.74, 6) is 0. The van der Waals surface area contributed by atoms with Crippen molar-refractivity contribution in [2.45, 2.75) is 38.9 Å². The van der Waals surface area contributed by atoms with E-state index < -0.39 is 0 Å². The molecule has 132 valence electrons. The minimum atomic E-state index is -0.378. The van der Waals surface area contributed by atoms with E-state index in [2.05, 4.69) is 47.8 Å². The highest BCUT2D eigenvalue weighted by Crippen LogP contribution is 2.33. The quantitative estimate of drug-likeness (QED) is 0.506. The number of hydrogen-bond donors (Lipinski definition) is 1. The van der Waals surface area contributed by atoms with Crippen molar-refractivity contribution in [1.82, 2.24) is 14.8 Å². The molecule has 3 rings (SSSR count). The first kappa shape index (κ1) is 17.4. The van der Waals surface area contributed by atoms with E-state index in [0.29, 0.717) is 5.11 Å². The molecule has 0 saturated carbocycles. The molecule has 0 saturated heterocycles. The van der Waals surface area contributed by atoms with Gasteiger partial charge in [0.05, 0.1) is 11.0 Å². The second kappa shape index (κ2) is 6.48. The molecule has 1 aliphatic rings. The van der Waals surface area contributed by atoms with Gasteiger partial charge in [0.1, 0.15) is 0 Å². The normalized spacial score (nSPS) is 17.1. The second-order valence-corrected chi connectivity index (χ2v) is 7.64. The number of hydrogen-bond acceptors (Lipinski definition) is 3. The zero-order chi connectivity index (χ0) is 18.2. The number of nitro groups is 1. The minimum Gasteiger partial charge on any atom is -0.358 e. The number of fused-ring (bicyclic) bond motifs is 1. The van der Waals surface area contributed by atoms with Gasteiger partial charge in [0.15, 0.2) is 5.11 Å². The third-order valence-corrected chi connectivity index (χ3v) is 4.54. The topological polar surface area (TPSA) is 63.3 Å². The van der Waals surface area contributed by atoms with Crippen LogP contribution in [0.1, 0.15) is 38.1 Å². The van der Waals surface area contributed by atoms with Crippen LogP contribution in [0.5, 0.6) is 0 Å². The number of non-ortho nitro benzene ring substituents is 1. The zero-order valence-corrected chi connectivity index (χ0v) is 15.4. The van der Waals surface area contributed by atoms with Crippen LogP contribution in [-0.4, -0.2) is 31.6 Å². The smallest absolute Gasteiger partial charge is 0.269 e. The maximum absolute atomic E-state index is 10.9. The van der Waals surface area contributed by atoms with Gasteiger partial charge in [0, 0.05) is 42.7 Å². The van der Waals surface area contributed by atoms with Gasteiger partial charge in [-0.1, -0.05) is 0 Å². The Morgan fingerprint density at radius 3 is 2.52 bits per heavy atom. The van der Waals surface area contributed by atoms with E-state index >= 15 is 0 Å². The van der Waals surface area contributed by atoms with Gasteiger partial charge in [-0.05, 0) is 62.8 Å². The summed E-state index contributed by atoms with van der Waals surface area (Å²) in [5, 5.41) is 15.0. The van der Waals surface area contributed by atoms with Gasteiger partial charge in [0.2, 0.25) is 0 Å². The summed E-state index contributed by atoms with van der Waals surface area (Å²) in [5.41, 5.74) is 2.09. The van der Waals surface area contributed by atoms with Crippen molar-refractivity contribution in [1.29, 1.82) is 0 Å². The van der Waals surface area contributed by atoms with Crippen LogP contribution in [0.4, 0.5) is 5.69 Å². The molecule has 0 spiro atoms. The van der Waals surface area contributed by atoms with Crippen LogP contribution in [0.15, 0.2) is 42.6 Å². The molecule has 1 aromatic carbocycles. The van der Waals surface area contributed by atoms with Gasteiger partial charge < -0.3 is 14.8 Å². The van der Waals surface area contributed by atoms with Crippen molar-refractivity contribution in [2.75, 3.05) is 6.54 Å². The third-order valence-electron chi connectivity index (χ3n) is 4.20. The Balaban J connectivity index is 1.98. The number of benzene rings is 1. The Morgan fingerprint density at radius 1 is 1.24 bits per heavy atom. The van der Waals surface area contributed by atoms with Gasteiger partial charge in [-0.25, -0.2) is 0 Å². The van der Waals surface area contributed by atoms with E-state index in [4.69, 9.17) is 12.2 Å². The van der Waals surface area contributed by atoms with E-state index in [9.17, 15) is 10.1 Å². The molecule has 0 radical (unpaired) electrons. The largest absolute Gasteiger partial charge is 0.358 e. The SMILES string of the molecule is CC(C)(C)NC(=S)N1CCn2cccc2[C@H]1c1ccc([N+](=O)[O-])cc1. The Morgan fingerprint density at radius 2 is 1.92 bits per heavy atom. The molecule has 0 bridgehead atoms. The fourth-order valence-corrected chi connectivity index (χ4v) is 3.63. The number of nitrogens with one attached hydrogen (secondary N) is 1. The number of rotatable bonds is 2. The van der Waals surface area contributed by atoms with Crippen molar-refractivity contribution in [3.8, 4) is 0 Å². The third kappa shape index (κ3) is 3.66. The molecule has 0 aliphatic carbocycles. The second-order valence-electron chi connectivity index (χ2n) is 7.25. The predicted octanol–water partition coefficient (Wildman–Crippen LogP) is 3.47. The summed E-state index contributed by atoms with van der Waals surface area (Å²) in [7, 11) is 0. The summed E-state index contributed by atoms with van der Waals surface area (Å²) in [6, 6.07) is 10.8. The number of thiocarbonyl (C=S) groups is 1. The molecule has 25 heavy (non-hydrogen) atoms. The molecule has 1 aliphatic heterocycles. The fraction of sp³-hybridized carbons (Fsp3) is 0.389. The monoisotopic (exact) mass is 358 g/mol. The zero-order valence-electron chi connectivity index (χ0n) is 14.6. The Bertz CT molecular complexity index is 792. The van der Waals surface area contributed by atoms with Crippen LogP contribution in [0, 0.1) is 10.1 Å². The molecule has 0 amide bonds. The summed E-state index contributed by atoms with van der Waals surface area (Å²) in [6.45, 7) is 7.87. The summed E-state index contributed by atoms with van der Waals surface area (Å²) in [6.07, 6.45) is 2.06. The first-order valence-electron chi connectivity index (χ1n) is 8.24. The van der Waals surface area contributed by atoms with Gasteiger partial charge >= 0.3 is 0 Å². The Hall–Kier alpha value is -2.41. The first-order chi connectivity index (χ1) is 11.8. The average molecular weight is 358 g/mol. The Labute approximate surface area is 152 Å². The van der Waals surface area contributed by atoms with Crippen molar-refractivity contribution in [3.05, 3.63) is 64.0 Å². The summed E-state index contributed by atoms with van der Waals surface area (Å²) >= 11 is 5.67. The van der Waals surface area contributed by atoms with E-state index in [1.807, 2.05) is 18.2 Å². The highest BCUT2D eigenvalue weighted by Gasteiger charge is 2.31. The van der Waals surface area contributed by atoms with E-state index in [1.54, 1.807) is 12.1 Å². The Kier molecular flexibility index (Phi) is 4.51. The molecule has 1 atom stereocenters. The molecule has 0 unspecified atom stereocenters. The van der Waals surface area contributed by atoms with Crippen molar-refractivity contribution >= 4 is 23.0 Å². The van der Waals surface area contributed by atoms with Gasteiger partial charge in [-0.15, -0.1) is 0 Å².